The van der Waals surface area contributed by atoms with Crippen LogP contribution in [0.1, 0.15) is 24.4 Å². The molecule has 0 aromatic carbocycles. The minimum absolute atomic E-state index is 0.378. The molecular weight excluding hydrogens is 333 g/mol. The van der Waals surface area contributed by atoms with Crippen LogP contribution >= 0.6 is 0 Å². The summed E-state index contributed by atoms with van der Waals surface area (Å²) in [5.41, 5.74) is 0. The number of rotatable bonds is 5. The lowest BCUT2D eigenvalue weighted by molar-refractivity contribution is -0.140. The van der Waals surface area contributed by atoms with Gasteiger partial charge in [0.1, 0.15) is 18.1 Å². The van der Waals surface area contributed by atoms with Gasteiger partial charge in [0.05, 0.1) is 12.8 Å². The summed E-state index contributed by atoms with van der Waals surface area (Å²) < 4.78 is 67.3. The van der Waals surface area contributed by atoms with Crippen LogP contribution in [0.5, 0.6) is 0 Å². The van der Waals surface area contributed by atoms with Gasteiger partial charge in [0.25, 0.3) is 0 Å². The number of nitrogens with zero attached hydrogens (tertiary/aromatic N) is 2. The maximum atomic E-state index is 12.6. The van der Waals surface area contributed by atoms with Crippen LogP contribution in [0.4, 0.5) is 13.2 Å². The van der Waals surface area contributed by atoms with Gasteiger partial charge in [0, 0.05) is 19.1 Å². The van der Waals surface area contributed by atoms with Crippen LogP contribution in [0.25, 0.3) is 0 Å². The Morgan fingerprint density at radius 3 is 2.35 bits per heavy atom. The molecule has 0 aliphatic carbocycles. The predicted molar refractivity (Wildman–Crippen MR) is 79.3 cm³/mol. The first kappa shape index (κ1) is 18.3. The van der Waals surface area contributed by atoms with Gasteiger partial charge in [0.2, 0.25) is 10.0 Å². The van der Waals surface area contributed by atoms with E-state index in [2.05, 4.69) is 4.90 Å². The number of halogens is 3. The van der Waals surface area contributed by atoms with Crippen LogP contribution in [0, 0.1) is 6.92 Å². The number of furan rings is 1. The molecule has 1 aromatic heterocycles. The molecule has 5 nitrogen and oxygen atoms in total. The molecule has 23 heavy (non-hydrogen) atoms. The summed E-state index contributed by atoms with van der Waals surface area (Å²) in [6.07, 6.45) is -2.95. The Kier molecular flexibility index (Phi) is 5.42. The van der Waals surface area contributed by atoms with E-state index in [1.165, 1.54) is 0 Å². The topological polar surface area (TPSA) is 53.8 Å². The highest BCUT2D eigenvalue weighted by Crippen LogP contribution is 2.25. The Balaban J connectivity index is 1.95. The van der Waals surface area contributed by atoms with Gasteiger partial charge in [-0.3, -0.25) is 4.90 Å². The molecule has 1 aromatic rings. The number of hydrogen-bond donors (Lipinski definition) is 0. The van der Waals surface area contributed by atoms with Crippen molar-refractivity contribution in [3.05, 3.63) is 23.7 Å². The lowest BCUT2D eigenvalue weighted by atomic mass is 10.0. The van der Waals surface area contributed by atoms with E-state index in [0.29, 0.717) is 36.8 Å². The summed E-state index contributed by atoms with van der Waals surface area (Å²) in [6.45, 7) is 2.08. The summed E-state index contributed by atoms with van der Waals surface area (Å²) in [4.78, 5) is 2.06. The summed E-state index contributed by atoms with van der Waals surface area (Å²) in [5, 5.41) is 0. The van der Waals surface area contributed by atoms with Crippen molar-refractivity contribution in [2.75, 3.05) is 25.9 Å². The molecule has 0 radical (unpaired) electrons. The normalized spacial score (nSPS) is 18.7. The van der Waals surface area contributed by atoms with Crippen molar-refractivity contribution in [3.63, 3.8) is 0 Å². The molecule has 1 fully saturated rings. The quantitative estimate of drug-likeness (QED) is 0.815. The molecule has 1 saturated heterocycles. The number of likely N-dealkylation sites (tertiary alicyclic amines) is 1. The molecule has 1 aliphatic heterocycles. The third kappa shape index (κ3) is 5.50. The van der Waals surface area contributed by atoms with Gasteiger partial charge >= 0.3 is 6.18 Å². The number of alkyl halides is 3. The van der Waals surface area contributed by atoms with Crippen LogP contribution in [0.3, 0.4) is 0 Å². The lowest BCUT2D eigenvalue weighted by Gasteiger charge is -2.37. The van der Waals surface area contributed by atoms with Gasteiger partial charge in [0.15, 0.2) is 0 Å². The number of piperidine rings is 1. The minimum Gasteiger partial charge on any atom is -0.465 e. The zero-order chi connectivity index (χ0) is 17.3. The molecular formula is C14H21F3N2O3S. The fourth-order valence-corrected chi connectivity index (χ4v) is 3.98. The average molecular weight is 354 g/mol. The summed E-state index contributed by atoms with van der Waals surface area (Å²) in [5.74, 6) is 1.61. The summed E-state index contributed by atoms with van der Waals surface area (Å²) in [7, 11) is -3.89. The van der Waals surface area contributed by atoms with Crippen LogP contribution in [0.2, 0.25) is 0 Å². The predicted octanol–water partition coefficient (Wildman–Crippen LogP) is 2.38. The first-order chi connectivity index (χ1) is 10.5. The molecule has 9 heteroatoms. The average Bonchev–Trinajstić information content (AvgIpc) is 2.80. The molecule has 2 rings (SSSR count). The van der Waals surface area contributed by atoms with E-state index in [4.69, 9.17) is 4.42 Å². The van der Waals surface area contributed by atoms with E-state index in [-0.39, 0.29) is 0 Å². The van der Waals surface area contributed by atoms with Gasteiger partial charge in [-0.15, -0.1) is 0 Å². The van der Waals surface area contributed by atoms with Crippen molar-refractivity contribution in [2.24, 2.45) is 0 Å². The fourth-order valence-electron chi connectivity index (χ4n) is 2.85. The van der Waals surface area contributed by atoms with E-state index in [9.17, 15) is 21.6 Å². The molecule has 0 amide bonds. The molecule has 0 N–H and O–H groups in total. The van der Waals surface area contributed by atoms with E-state index >= 15 is 0 Å². The van der Waals surface area contributed by atoms with Crippen molar-refractivity contribution < 1.29 is 26.0 Å². The second-order valence-corrected chi connectivity index (χ2v) is 7.88. The largest absolute Gasteiger partial charge is 0.465 e. The van der Waals surface area contributed by atoms with Crippen LogP contribution in [-0.4, -0.2) is 55.7 Å². The van der Waals surface area contributed by atoms with Crippen molar-refractivity contribution in [1.29, 1.82) is 0 Å². The maximum Gasteiger partial charge on any atom is 0.402 e. The lowest BCUT2D eigenvalue weighted by Crippen LogP contribution is -2.49. The van der Waals surface area contributed by atoms with Gasteiger partial charge in [-0.05, 0) is 31.9 Å². The molecule has 0 atom stereocenters. The highest BCUT2D eigenvalue weighted by atomic mass is 32.2. The Hall–Kier alpha value is -1.06. The molecule has 2 heterocycles. The van der Waals surface area contributed by atoms with Crippen molar-refractivity contribution in [2.45, 2.75) is 38.5 Å². The van der Waals surface area contributed by atoms with Crippen molar-refractivity contribution >= 4 is 10.0 Å². The first-order valence-electron chi connectivity index (χ1n) is 7.36. The standard InChI is InChI=1S/C14H21F3N2O3S/c1-11-3-4-13(22-11)9-18-7-5-12(6-8-18)19(23(2,20)21)10-14(15,16)17/h3-4,12H,5-10H2,1-2H3. The first-order valence-corrected chi connectivity index (χ1v) is 9.21. The van der Waals surface area contributed by atoms with Gasteiger partial charge in [-0.1, -0.05) is 0 Å². The van der Waals surface area contributed by atoms with Crippen LogP contribution in [0.15, 0.2) is 16.5 Å². The second-order valence-electron chi connectivity index (χ2n) is 5.94. The van der Waals surface area contributed by atoms with Crippen LogP contribution in [-0.2, 0) is 16.6 Å². The maximum absolute atomic E-state index is 12.6. The van der Waals surface area contributed by atoms with E-state index in [1.807, 2.05) is 19.1 Å². The van der Waals surface area contributed by atoms with Gasteiger partial charge < -0.3 is 4.42 Å². The Labute approximate surface area is 134 Å². The smallest absolute Gasteiger partial charge is 0.402 e. The zero-order valence-electron chi connectivity index (χ0n) is 13.1. The van der Waals surface area contributed by atoms with Crippen LogP contribution < -0.4 is 0 Å². The number of hydrogen-bond acceptors (Lipinski definition) is 4. The molecule has 0 bridgehead atoms. The second kappa shape index (κ2) is 6.82. The third-order valence-corrected chi connectivity index (χ3v) is 5.18. The Bertz CT molecular complexity index is 619. The van der Waals surface area contributed by atoms with Gasteiger partial charge in [-0.25, -0.2) is 8.42 Å². The van der Waals surface area contributed by atoms with Crippen molar-refractivity contribution in [1.82, 2.24) is 9.21 Å². The zero-order valence-corrected chi connectivity index (χ0v) is 14.0. The molecule has 132 valence electrons. The Morgan fingerprint density at radius 1 is 1.30 bits per heavy atom. The molecule has 1 aliphatic rings. The molecule has 0 spiro atoms. The number of sulfonamides is 1. The van der Waals surface area contributed by atoms with E-state index in [1.54, 1.807) is 0 Å². The molecule has 0 saturated carbocycles. The van der Waals surface area contributed by atoms with Crippen molar-refractivity contribution in [3.8, 4) is 0 Å². The summed E-state index contributed by atoms with van der Waals surface area (Å²) in [6, 6.07) is 3.12. The monoisotopic (exact) mass is 354 g/mol. The fraction of sp³-hybridized carbons (Fsp3) is 0.714. The highest BCUT2D eigenvalue weighted by molar-refractivity contribution is 7.88. The number of aryl methyl sites for hydroxylation is 1. The third-order valence-electron chi connectivity index (χ3n) is 3.90. The SMILES string of the molecule is Cc1ccc(CN2CCC(N(CC(F)(F)F)S(C)(=O)=O)CC2)o1. The van der Waals surface area contributed by atoms with E-state index in [0.717, 1.165) is 17.8 Å². The minimum atomic E-state index is -4.54. The highest BCUT2D eigenvalue weighted by Gasteiger charge is 2.39. The van der Waals surface area contributed by atoms with E-state index < -0.39 is 28.8 Å². The summed E-state index contributed by atoms with van der Waals surface area (Å²) >= 11 is 0. The Morgan fingerprint density at radius 2 is 1.91 bits per heavy atom. The molecule has 0 unspecified atom stereocenters. The van der Waals surface area contributed by atoms with Gasteiger partial charge in [-0.2, -0.15) is 17.5 Å².